The second-order valence-corrected chi connectivity index (χ2v) is 17.4. The Labute approximate surface area is 377 Å². The molecule has 0 bridgehead atoms. The average Bonchev–Trinajstić information content (AvgIpc) is 3.33. The number of pyridine rings is 3. The standard InChI is InChI=1S/C49H54N12O4/c1-58-18-16-42-33(25-58)21-41(47(63)59(42)2)55-49-52-24-38-34(23-50-45(44(38)57-49)61-17-8-7-12-35(61)28-62)27-60-19-15-39-32(26-60)20-40(46(53-39)65-4)54-48-51-22-30-11-9-14-37(43(30)56-48)36-13-6-5-10-31(36)29-64-3/h5-6,9-11,13-14,20-24,35,62H,7-8,12,15-19,25-29H2,1-4H3,(H,51,54,56)(H,52,55,57). The molecule has 1 fully saturated rings. The molecule has 16 heteroatoms. The van der Waals surface area contributed by atoms with Crippen molar-refractivity contribution < 1.29 is 14.6 Å². The number of ether oxygens (including phenoxy) is 2. The van der Waals surface area contributed by atoms with Crippen molar-refractivity contribution in [2.75, 3.05) is 63.0 Å². The van der Waals surface area contributed by atoms with Crippen LogP contribution in [-0.2, 0) is 50.9 Å². The molecule has 0 radical (unpaired) electrons. The van der Waals surface area contributed by atoms with Gasteiger partial charge in [0.1, 0.15) is 16.9 Å². The molecule has 0 amide bonds. The summed E-state index contributed by atoms with van der Waals surface area (Å²) in [6, 6.07) is 18.3. The maximum absolute atomic E-state index is 13.6. The lowest BCUT2D eigenvalue weighted by molar-refractivity contribution is 0.185. The predicted molar refractivity (Wildman–Crippen MR) is 252 cm³/mol. The summed E-state index contributed by atoms with van der Waals surface area (Å²) >= 11 is 0. The fourth-order valence-electron chi connectivity index (χ4n) is 9.75. The van der Waals surface area contributed by atoms with E-state index in [-0.39, 0.29) is 18.2 Å². The monoisotopic (exact) mass is 874 g/mol. The molecule has 7 aromatic rings. The maximum Gasteiger partial charge on any atom is 0.274 e. The van der Waals surface area contributed by atoms with Crippen molar-refractivity contribution in [2.45, 2.75) is 64.4 Å². The van der Waals surface area contributed by atoms with Crippen molar-refractivity contribution in [3.05, 3.63) is 117 Å². The number of anilines is 5. The number of benzene rings is 2. The van der Waals surface area contributed by atoms with E-state index in [2.05, 4.69) is 56.6 Å². The molecule has 16 nitrogen and oxygen atoms in total. The van der Waals surface area contributed by atoms with Gasteiger partial charge in [0.05, 0.1) is 37.6 Å². The van der Waals surface area contributed by atoms with E-state index in [1.807, 2.05) is 56.0 Å². The molecule has 8 heterocycles. The highest BCUT2D eigenvalue weighted by atomic mass is 16.5. The molecule has 2 aromatic carbocycles. The molecule has 65 heavy (non-hydrogen) atoms. The Kier molecular flexibility index (Phi) is 11.8. The number of hydrogen-bond donors (Lipinski definition) is 3. The molecule has 10 rings (SSSR count). The number of nitrogens with zero attached hydrogens (tertiary/aromatic N) is 10. The number of aliphatic hydroxyl groups is 1. The van der Waals surface area contributed by atoms with Crippen LogP contribution in [0.4, 0.5) is 29.1 Å². The predicted octanol–water partition coefficient (Wildman–Crippen LogP) is 6.27. The van der Waals surface area contributed by atoms with Crippen LogP contribution in [0, 0.1) is 0 Å². The summed E-state index contributed by atoms with van der Waals surface area (Å²) in [4.78, 5) is 50.0. The maximum atomic E-state index is 13.6. The summed E-state index contributed by atoms with van der Waals surface area (Å²) in [6.07, 6.45) is 10.1. The number of methoxy groups -OCH3 is 2. The first-order valence-corrected chi connectivity index (χ1v) is 22.4. The third kappa shape index (κ3) is 8.34. The van der Waals surface area contributed by atoms with E-state index in [4.69, 9.17) is 39.4 Å². The minimum Gasteiger partial charge on any atom is -0.480 e. The molecule has 3 N–H and O–H groups in total. The molecular weight excluding hydrogens is 821 g/mol. The van der Waals surface area contributed by atoms with E-state index in [1.54, 1.807) is 18.8 Å². The third-order valence-corrected chi connectivity index (χ3v) is 13.1. The number of fused-ring (bicyclic) bond motifs is 4. The molecule has 1 saturated heterocycles. The smallest absolute Gasteiger partial charge is 0.274 e. The van der Waals surface area contributed by atoms with Crippen LogP contribution < -0.4 is 25.8 Å². The Balaban J connectivity index is 0.947. The van der Waals surface area contributed by atoms with Gasteiger partial charge in [0, 0.05) is 107 Å². The molecule has 3 aliphatic heterocycles. The van der Waals surface area contributed by atoms with Crippen LogP contribution in [0.2, 0.25) is 0 Å². The van der Waals surface area contributed by atoms with Crippen molar-refractivity contribution in [1.29, 1.82) is 0 Å². The highest BCUT2D eigenvalue weighted by Crippen LogP contribution is 2.36. The highest BCUT2D eigenvalue weighted by Gasteiger charge is 2.28. The van der Waals surface area contributed by atoms with Crippen LogP contribution >= 0.6 is 0 Å². The summed E-state index contributed by atoms with van der Waals surface area (Å²) in [7, 11) is 7.26. The molecule has 3 aliphatic rings. The number of piperidine rings is 1. The van der Waals surface area contributed by atoms with Crippen LogP contribution in [0.5, 0.6) is 5.88 Å². The zero-order valence-electron chi connectivity index (χ0n) is 37.3. The van der Waals surface area contributed by atoms with Gasteiger partial charge in [-0.3, -0.25) is 9.69 Å². The topological polar surface area (TPSA) is 172 Å². The van der Waals surface area contributed by atoms with Crippen LogP contribution in [0.25, 0.3) is 32.9 Å². The molecule has 0 saturated carbocycles. The zero-order valence-corrected chi connectivity index (χ0v) is 37.3. The quantitative estimate of drug-likeness (QED) is 0.125. The fraction of sp³-hybridized carbons (Fsp3) is 0.367. The van der Waals surface area contributed by atoms with E-state index >= 15 is 0 Å². The van der Waals surface area contributed by atoms with E-state index in [0.717, 1.165) is 119 Å². The first-order chi connectivity index (χ1) is 31.8. The summed E-state index contributed by atoms with van der Waals surface area (Å²) < 4.78 is 13.1. The molecular formula is C49H54N12O4. The van der Waals surface area contributed by atoms with E-state index in [0.29, 0.717) is 60.2 Å². The van der Waals surface area contributed by atoms with Crippen molar-refractivity contribution in [1.82, 2.24) is 44.3 Å². The number of hydrogen-bond acceptors (Lipinski definition) is 15. The Morgan fingerprint density at radius 1 is 0.785 bits per heavy atom. The highest BCUT2D eigenvalue weighted by molar-refractivity contribution is 5.95. The fourth-order valence-corrected chi connectivity index (χ4v) is 9.75. The van der Waals surface area contributed by atoms with Gasteiger partial charge >= 0.3 is 0 Å². The molecule has 5 aromatic heterocycles. The van der Waals surface area contributed by atoms with Gasteiger partial charge in [0.2, 0.25) is 17.8 Å². The van der Waals surface area contributed by atoms with Crippen LogP contribution in [0.15, 0.2) is 78.0 Å². The van der Waals surface area contributed by atoms with Gasteiger partial charge in [-0.15, -0.1) is 0 Å². The number of rotatable bonds is 12. The molecule has 1 unspecified atom stereocenters. The lowest BCUT2D eigenvalue weighted by atomic mass is 9.98. The Morgan fingerprint density at radius 2 is 1.58 bits per heavy atom. The normalized spacial score (nSPS) is 16.7. The van der Waals surface area contributed by atoms with Crippen molar-refractivity contribution >= 4 is 50.9 Å². The third-order valence-electron chi connectivity index (χ3n) is 13.1. The Morgan fingerprint density at radius 3 is 2.43 bits per heavy atom. The minimum absolute atomic E-state index is 0.0288. The summed E-state index contributed by atoms with van der Waals surface area (Å²) in [5.41, 5.74) is 10.9. The SMILES string of the molecule is COCc1ccccc1-c1cccc2cnc(Nc3cc4c(nc3OC)CCN(Cc3cnc(N5CCCCC5CO)c5nc(Nc6cc7c(n(C)c6=O)CCN(C)C7)ncc35)C4)nc12. The molecule has 334 valence electrons. The van der Waals surface area contributed by atoms with Gasteiger partial charge in [-0.25, -0.2) is 29.9 Å². The van der Waals surface area contributed by atoms with Gasteiger partial charge in [-0.2, -0.15) is 0 Å². The largest absolute Gasteiger partial charge is 0.480 e. The Bertz CT molecular complexity index is 2980. The second-order valence-electron chi connectivity index (χ2n) is 17.4. The number of likely N-dealkylation sites (N-methyl/N-ethyl adjacent to an activating group) is 1. The zero-order chi connectivity index (χ0) is 44.6. The van der Waals surface area contributed by atoms with Gasteiger partial charge in [-0.05, 0) is 66.3 Å². The van der Waals surface area contributed by atoms with Gasteiger partial charge in [0.25, 0.3) is 5.56 Å². The van der Waals surface area contributed by atoms with Gasteiger partial charge in [-0.1, -0.05) is 42.5 Å². The van der Waals surface area contributed by atoms with Crippen molar-refractivity contribution in [3.63, 3.8) is 0 Å². The van der Waals surface area contributed by atoms with Gasteiger partial charge < -0.3 is 39.6 Å². The van der Waals surface area contributed by atoms with Crippen LogP contribution in [0.1, 0.15) is 52.9 Å². The van der Waals surface area contributed by atoms with Gasteiger partial charge in [0.15, 0.2) is 5.82 Å². The number of aliphatic hydroxyl groups excluding tert-OH is 1. The lowest BCUT2D eigenvalue weighted by Gasteiger charge is -2.36. The summed E-state index contributed by atoms with van der Waals surface area (Å²) in [5.74, 6) is 1.95. The average molecular weight is 875 g/mol. The first kappa shape index (κ1) is 42.4. The number of nitrogens with one attached hydrogen (secondary N) is 2. The van der Waals surface area contributed by atoms with Crippen molar-refractivity contribution in [3.8, 4) is 17.0 Å². The second kappa shape index (κ2) is 18.1. The molecule has 0 spiro atoms. The summed E-state index contributed by atoms with van der Waals surface area (Å²) in [5, 5.41) is 18.9. The lowest BCUT2D eigenvalue weighted by Crippen LogP contribution is -2.42. The first-order valence-electron chi connectivity index (χ1n) is 22.4. The number of aromatic nitrogens is 7. The molecule has 0 aliphatic carbocycles. The van der Waals surface area contributed by atoms with Crippen molar-refractivity contribution in [2.24, 2.45) is 7.05 Å². The van der Waals surface area contributed by atoms with E-state index in [9.17, 15) is 9.90 Å². The van der Waals surface area contributed by atoms with Crippen LogP contribution in [-0.4, -0.2) is 103 Å². The van der Waals surface area contributed by atoms with Crippen LogP contribution in [0.3, 0.4) is 0 Å². The minimum atomic E-state index is -0.116. The van der Waals surface area contributed by atoms with E-state index < -0.39 is 0 Å². The Hall–Kier alpha value is -6.59. The summed E-state index contributed by atoms with van der Waals surface area (Å²) in [6.45, 7) is 4.96. The molecule has 1 atom stereocenters. The van der Waals surface area contributed by atoms with E-state index in [1.165, 1.54) is 0 Å². The number of para-hydroxylation sites is 1.